The number of nitriles is 2. The number of hydrogen-bond acceptors (Lipinski definition) is 7. The topological polar surface area (TPSA) is 133 Å². The molecule has 160 valence electrons. The van der Waals surface area contributed by atoms with Crippen molar-refractivity contribution in [3.8, 4) is 12.1 Å². The zero-order valence-electron chi connectivity index (χ0n) is 17.1. The van der Waals surface area contributed by atoms with Crippen molar-refractivity contribution in [3.05, 3.63) is 52.6 Å². The molecule has 31 heavy (non-hydrogen) atoms. The molecular weight excluding hydrogens is 415 g/mol. The number of halogens is 1. The van der Waals surface area contributed by atoms with Crippen molar-refractivity contribution in [2.24, 2.45) is 11.5 Å². The van der Waals surface area contributed by atoms with Gasteiger partial charge < -0.3 is 16.4 Å². The summed E-state index contributed by atoms with van der Waals surface area (Å²) >= 11 is 1.07. The van der Waals surface area contributed by atoms with Crippen LogP contribution in [-0.2, 0) is 11.2 Å². The molecule has 1 amide bonds. The molecule has 0 radical (unpaired) electrons. The lowest BCUT2D eigenvalue weighted by Gasteiger charge is -2.34. The van der Waals surface area contributed by atoms with Crippen molar-refractivity contribution in [1.29, 1.82) is 10.5 Å². The van der Waals surface area contributed by atoms with E-state index >= 15 is 0 Å². The maximum atomic E-state index is 14.3. The van der Waals surface area contributed by atoms with Gasteiger partial charge in [-0.05, 0) is 24.0 Å². The molecule has 1 aromatic heterocycles. The first-order valence-corrected chi connectivity index (χ1v) is 10.8. The molecule has 3 atom stereocenters. The second kappa shape index (κ2) is 9.78. The van der Waals surface area contributed by atoms with Gasteiger partial charge in [0.2, 0.25) is 5.91 Å². The van der Waals surface area contributed by atoms with Gasteiger partial charge in [0.25, 0.3) is 0 Å². The Labute approximate surface area is 184 Å². The number of amides is 1. The number of aromatic nitrogens is 1. The summed E-state index contributed by atoms with van der Waals surface area (Å²) in [6.07, 6.45) is -0.416. The van der Waals surface area contributed by atoms with Crippen LogP contribution < -0.4 is 16.4 Å². The molecule has 1 unspecified atom stereocenters. The van der Waals surface area contributed by atoms with Crippen molar-refractivity contribution >= 4 is 23.5 Å². The van der Waals surface area contributed by atoms with E-state index in [9.17, 15) is 19.7 Å². The maximum Gasteiger partial charge on any atom is 0.235 e. The lowest BCUT2D eigenvalue weighted by Crippen LogP contribution is -2.49. The summed E-state index contributed by atoms with van der Waals surface area (Å²) in [6, 6.07) is 12.7. The number of anilines is 1. The Hall–Kier alpha value is -3.14. The zero-order valence-corrected chi connectivity index (χ0v) is 17.9. The Morgan fingerprint density at radius 1 is 1.32 bits per heavy atom. The number of pyridine rings is 1. The summed E-state index contributed by atoms with van der Waals surface area (Å²) in [4.78, 5) is 18.5. The Morgan fingerprint density at radius 2 is 2.00 bits per heavy atom. The van der Waals surface area contributed by atoms with E-state index in [2.05, 4.69) is 17.1 Å². The SMILES string of the molecule is CCc1c(C#N)c(SC(C(N)=O)c2ccccc2)nc(N2CC[C@H](N)[C@@H](F)C2)c1C#N. The average Bonchev–Trinajstić information content (AvgIpc) is 2.78. The summed E-state index contributed by atoms with van der Waals surface area (Å²) in [6.45, 7) is 2.29. The number of benzene rings is 1. The predicted molar refractivity (Wildman–Crippen MR) is 117 cm³/mol. The number of nitrogens with two attached hydrogens (primary N) is 2. The van der Waals surface area contributed by atoms with Crippen LogP contribution in [0.2, 0.25) is 0 Å². The van der Waals surface area contributed by atoms with Crippen LogP contribution in [0.4, 0.5) is 10.2 Å². The quantitative estimate of drug-likeness (QED) is 0.662. The molecular formula is C22H23FN6OS. The van der Waals surface area contributed by atoms with Gasteiger partial charge in [0, 0.05) is 12.6 Å². The third kappa shape index (κ3) is 4.63. The zero-order chi connectivity index (χ0) is 22.5. The molecule has 9 heteroatoms. The van der Waals surface area contributed by atoms with Gasteiger partial charge in [0.1, 0.15) is 34.4 Å². The molecule has 1 aliphatic heterocycles. The van der Waals surface area contributed by atoms with E-state index in [1.807, 2.05) is 13.0 Å². The molecule has 0 saturated carbocycles. The first-order valence-electron chi connectivity index (χ1n) is 9.93. The highest BCUT2D eigenvalue weighted by molar-refractivity contribution is 8.00. The standard InChI is InChI=1S/C22H23FN6OS/c1-2-14-15(10-24)21(29-9-8-18(26)17(23)12-29)28-22(16(14)11-25)31-19(20(27)30)13-6-4-3-5-7-13/h3-7,17-19H,2,8-9,12,26H2,1H3,(H2,27,30)/t17-,18-,19?/m0/s1. The van der Waals surface area contributed by atoms with Gasteiger partial charge in [0.15, 0.2) is 0 Å². The van der Waals surface area contributed by atoms with E-state index < -0.39 is 23.4 Å². The van der Waals surface area contributed by atoms with E-state index in [4.69, 9.17) is 11.5 Å². The molecule has 1 fully saturated rings. The average molecular weight is 439 g/mol. The van der Waals surface area contributed by atoms with E-state index in [1.165, 1.54) is 0 Å². The number of hydrogen-bond donors (Lipinski definition) is 2. The normalized spacial score (nSPS) is 19.3. The number of primary amides is 1. The van der Waals surface area contributed by atoms with Crippen LogP contribution >= 0.6 is 11.8 Å². The van der Waals surface area contributed by atoms with Crippen molar-refractivity contribution in [2.45, 2.75) is 42.3 Å². The number of rotatable bonds is 6. The minimum atomic E-state index is -1.25. The Kier molecular flexibility index (Phi) is 7.11. The molecule has 1 aromatic carbocycles. The van der Waals surface area contributed by atoms with Crippen molar-refractivity contribution in [2.75, 3.05) is 18.0 Å². The largest absolute Gasteiger partial charge is 0.368 e. The van der Waals surface area contributed by atoms with Gasteiger partial charge >= 0.3 is 0 Å². The van der Waals surface area contributed by atoms with E-state index in [0.717, 1.165) is 11.8 Å². The predicted octanol–water partition coefficient (Wildman–Crippen LogP) is 2.58. The Bertz CT molecular complexity index is 1050. The minimum absolute atomic E-state index is 0.0138. The molecule has 2 aromatic rings. The number of carbonyl (C=O) groups excluding carboxylic acids is 1. The van der Waals surface area contributed by atoms with Gasteiger partial charge in [-0.25, -0.2) is 9.37 Å². The second-order valence-corrected chi connectivity index (χ2v) is 8.37. The summed E-state index contributed by atoms with van der Waals surface area (Å²) in [5, 5.41) is 19.2. The molecule has 2 heterocycles. The third-order valence-corrected chi connectivity index (χ3v) is 6.57. The third-order valence-electron chi connectivity index (χ3n) is 5.31. The van der Waals surface area contributed by atoms with Gasteiger partial charge in [0.05, 0.1) is 17.7 Å². The van der Waals surface area contributed by atoms with Crippen molar-refractivity contribution < 1.29 is 9.18 Å². The van der Waals surface area contributed by atoms with Crippen LogP contribution in [0.25, 0.3) is 0 Å². The van der Waals surface area contributed by atoms with Gasteiger partial charge in [-0.1, -0.05) is 49.0 Å². The summed E-state index contributed by atoms with van der Waals surface area (Å²) in [5.74, 6) is -0.259. The number of alkyl halides is 1. The molecule has 0 bridgehead atoms. The van der Waals surface area contributed by atoms with Crippen LogP contribution in [0.3, 0.4) is 0 Å². The molecule has 0 aliphatic carbocycles. The smallest absolute Gasteiger partial charge is 0.235 e. The van der Waals surface area contributed by atoms with Gasteiger partial charge in [-0.2, -0.15) is 10.5 Å². The van der Waals surface area contributed by atoms with Crippen LogP contribution in [-0.4, -0.2) is 36.2 Å². The Morgan fingerprint density at radius 3 is 2.55 bits per heavy atom. The molecule has 7 nitrogen and oxygen atoms in total. The van der Waals surface area contributed by atoms with Gasteiger partial charge in [-0.15, -0.1) is 0 Å². The molecule has 1 saturated heterocycles. The fourth-order valence-corrected chi connectivity index (χ4v) is 4.70. The number of carbonyl (C=O) groups is 1. The van der Waals surface area contributed by atoms with Crippen LogP contribution in [0, 0.1) is 22.7 Å². The first kappa shape index (κ1) is 22.5. The summed E-state index contributed by atoms with van der Waals surface area (Å²) in [7, 11) is 0. The highest BCUT2D eigenvalue weighted by atomic mass is 32.2. The van der Waals surface area contributed by atoms with Crippen molar-refractivity contribution in [1.82, 2.24) is 4.98 Å². The fraction of sp³-hybridized carbons (Fsp3) is 0.364. The first-order chi connectivity index (χ1) is 14.9. The van der Waals surface area contributed by atoms with E-state index in [0.29, 0.717) is 41.4 Å². The second-order valence-electron chi connectivity index (χ2n) is 7.27. The molecule has 4 N–H and O–H groups in total. The molecule has 1 aliphatic rings. The minimum Gasteiger partial charge on any atom is -0.368 e. The summed E-state index contributed by atoms with van der Waals surface area (Å²) in [5.41, 5.74) is 13.1. The maximum absolute atomic E-state index is 14.3. The highest BCUT2D eigenvalue weighted by Crippen LogP contribution is 2.39. The molecule has 0 spiro atoms. The number of piperidine rings is 1. The van der Waals surface area contributed by atoms with Crippen LogP contribution in [0.15, 0.2) is 35.4 Å². The Balaban J connectivity index is 2.12. The van der Waals surface area contributed by atoms with Crippen LogP contribution in [0.5, 0.6) is 0 Å². The summed E-state index contributed by atoms with van der Waals surface area (Å²) < 4.78 is 14.3. The monoisotopic (exact) mass is 438 g/mol. The van der Waals surface area contributed by atoms with Crippen molar-refractivity contribution in [3.63, 3.8) is 0 Å². The van der Waals surface area contributed by atoms with E-state index in [1.54, 1.807) is 29.2 Å². The lowest BCUT2D eigenvalue weighted by molar-refractivity contribution is -0.117. The molecule has 3 rings (SSSR count). The highest BCUT2D eigenvalue weighted by Gasteiger charge is 2.31. The fourth-order valence-electron chi connectivity index (χ4n) is 3.64. The van der Waals surface area contributed by atoms with Crippen LogP contribution in [0.1, 0.15) is 40.8 Å². The number of thioether (sulfide) groups is 1. The van der Waals surface area contributed by atoms with E-state index in [-0.39, 0.29) is 17.7 Å². The van der Waals surface area contributed by atoms with Gasteiger partial charge in [-0.3, -0.25) is 4.79 Å². The lowest BCUT2D eigenvalue weighted by atomic mass is 9.99. The number of nitrogens with zero attached hydrogens (tertiary/aromatic N) is 4.